The first-order valence-corrected chi connectivity index (χ1v) is 15.9. The number of fused-ring (bicyclic) bond motifs is 8. The second kappa shape index (κ2) is 14.8. The Morgan fingerprint density at radius 1 is 0.681 bits per heavy atom. The van der Waals surface area contributed by atoms with Crippen LogP contribution in [0.15, 0.2) is 18.2 Å². The number of allylic oxidation sites excluding steroid dienone is 4. The first-order chi connectivity index (χ1) is 22.1. The van der Waals surface area contributed by atoms with Crippen molar-refractivity contribution in [2.45, 2.75) is 86.7 Å². The number of methoxy groups -OCH3 is 2. The number of nitrogens with zero attached hydrogens (tertiary/aromatic N) is 4. The number of esters is 2. The summed E-state index contributed by atoms with van der Waals surface area (Å²) in [5, 5.41) is 11.0. The van der Waals surface area contributed by atoms with Crippen molar-refractivity contribution in [1.82, 2.24) is 19.9 Å². The maximum Gasteiger partial charge on any atom is 2.00 e. The van der Waals surface area contributed by atoms with E-state index in [0.29, 0.717) is 35.0 Å². The van der Waals surface area contributed by atoms with Gasteiger partial charge < -0.3 is 24.5 Å². The normalized spacial score (nSPS) is 12.8. The Hall–Kier alpha value is -3.98. The van der Waals surface area contributed by atoms with Crippen LogP contribution in [0.25, 0.3) is 44.4 Å². The minimum Gasteiger partial charge on any atom is -0.657 e. The van der Waals surface area contributed by atoms with E-state index >= 15 is 0 Å². The zero-order chi connectivity index (χ0) is 33.3. The summed E-state index contributed by atoms with van der Waals surface area (Å²) < 4.78 is 9.91. The van der Waals surface area contributed by atoms with Gasteiger partial charge in [-0.3, -0.25) is 9.59 Å². The summed E-state index contributed by atoms with van der Waals surface area (Å²) in [5.41, 5.74) is 14.5. The third-order valence-corrected chi connectivity index (χ3v) is 9.35. The van der Waals surface area contributed by atoms with Crippen LogP contribution >= 0.6 is 0 Å². The van der Waals surface area contributed by atoms with E-state index in [1.54, 1.807) is 0 Å². The number of carbonyl (C=O) groups excluding carboxylic acids is 2. The summed E-state index contributed by atoms with van der Waals surface area (Å²) in [5.74, 6) is -0.660. The van der Waals surface area contributed by atoms with Crippen LogP contribution < -0.4 is 9.97 Å². The molecule has 5 rings (SSSR count). The van der Waals surface area contributed by atoms with Crippen LogP contribution in [0.5, 0.6) is 0 Å². The molecule has 1 N–H and O–H groups in total. The van der Waals surface area contributed by atoms with Gasteiger partial charge in [0.15, 0.2) is 0 Å². The second-order valence-electron chi connectivity index (χ2n) is 11.8. The zero-order valence-corrected chi connectivity index (χ0v) is 29.3. The Morgan fingerprint density at radius 3 is 1.49 bits per heavy atom. The molecule has 0 unspecified atom stereocenters. The van der Waals surface area contributed by atoms with Gasteiger partial charge in [0, 0.05) is 12.8 Å². The molecule has 0 saturated carbocycles. The third-order valence-electron chi connectivity index (χ3n) is 9.35. The van der Waals surface area contributed by atoms with Gasteiger partial charge in [-0.05, 0) is 81.7 Å². The molecule has 0 fully saturated rings. The molecule has 0 spiro atoms. The molecule has 5 heterocycles. The SMILES string of the molecule is CCC1=C(C)c2cc3[n-]c(c(CCC(=O)OC)c3C)c(CO)c3[n-]c(cc4nc(cc1n2)C(C)=C4CC)c(C)c3CCC(=O)OC.[Cu+2]. The van der Waals surface area contributed by atoms with Crippen LogP contribution in [0.3, 0.4) is 0 Å². The van der Waals surface area contributed by atoms with E-state index in [4.69, 9.17) is 29.4 Å². The molecule has 8 bridgehead atoms. The number of aliphatic hydroxyl groups excluding tert-OH is 1. The molecule has 0 saturated heterocycles. The number of aryl methyl sites for hydroxylation is 4. The number of ether oxygens (including phenoxy) is 2. The Bertz CT molecular complexity index is 1960. The molecule has 3 aromatic heterocycles. The van der Waals surface area contributed by atoms with Crippen LogP contribution in [-0.4, -0.2) is 41.2 Å². The van der Waals surface area contributed by atoms with Crippen molar-refractivity contribution in [3.63, 3.8) is 0 Å². The van der Waals surface area contributed by atoms with E-state index in [0.717, 1.165) is 85.7 Å². The molecular formula is C37H42CuN4O5. The van der Waals surface area contributed by atoms with E-state index < -0.39 is 0 Å². The molecule has 0 aromatic carbocycles. The molecular weight excluding hydrogens is 644 g/mol. The minimum absolute atomic E-state index is 0. The smallest absolute Gasteiger partial charge is 0.657 e. The number of carbonyl (C=O) groups is 2. The van der Waals surface area contributed by atoms with Crippen molar-refractivity contribution in [3.05, 3.63) is 68.8 Å². The summed E-state index contributed by atoms with van der Waals surface area (Å²) in [6.45, 7) is 12.1. The minimum atomic E-state index is -0.340. The topological polar surface area (TPSA) is 127 Å². The van der Waals surface area contributed by atoms with Crippen molar-refractivity contribution in [3.8, 4) is 0 Å². The van der Waals surface area contributed by atoms with Crippen LogP contribution in [-0.2, 0) is 55.6 Å². The predicted octanol–water partition coefficient (Wildman–Crippen LogP) is 6.57. The van der Waals surface area contributed by atoms with Crippen LogP contribution in [0.4, 0.5) is 0 Å². The molecule has 2 aliphatic rings. The monoisotopic (exact) mass is 685 g/mol. The van der Waals surface area contributed by atoms with Crippen molar-refractivity contribution < 1.29 is 41.2 Å². The van der Waals surface area contributed by atoms with Gasteiger partial charge in [-0.2, -0.15) is 0 Å². The van der Waals surface area contributed by atoms with Gasteiger partial charge in [0.1, 0.15) is 0 Å². The summed E-state index contributed by atoms with van der Waals surface area (Å²) in [7, 11) is 2.75. The number of aliphatic hydroxyl groups is 1. The summed E-state index contributed by atoms with van der Waals surface area (Å²) in [6.07, 6.45) is 2.68. The van der Waals surface area contributed by atoms with Gasteiger partial charge in [-0.15, -0.1) is 22.1 Å². The van der Waals surface area contributed by atoms with Crippen LogP contribution in [0.2, 0.25) is 0 Å². The molecule has 0 amide bonds. The second-order valence-corrected chi connectivity index (χ2v) is 11.8. The summed E-state index contributed by atoms with van der Waals surface area (Å²) in [6, 6.07) is 6.07. The standard InChI is InChI=1S/C37H42N4O5.Cu/c1-9-23-19(3)28-15-30-21(5)25(11-13-34(43)45-7)36(40-30)27(18-42)37-26(12-14-35(44)46-8)22(6)31(41-37)17-33-24(10-2)20(4)29(39-33)16-32(23)38-28;/h15-17,42H,9-14,18H2,1-8H3;/q-2;+2. The molecule has 1 radical (unpaired) electrons. The van der Waals surface area contributed by atoms with E-state index in [1.807, 2.05) is 26.0 Å². The van der Waals surface area contributed by atoms with E-state index in [1.165, 1.54) is 14.2 Å². The van der Waals surface area contributed by atoms with Gasteiger partial charge in [0.2, 0.25) is 0 Å². The van der Waals surface area contributed by atoms with Crippen molar-refractivity contribution in [2.75, 3.05) is 14.2 Å². The summed E-state index contributed by atoms with van der Waals surface area (Å²) >= 11 is 0. The van der Waals surface area contributed by atoms with Gasteiger partial charge in [0.05, 0.1) is 43.6 Å². The van der Waals surface area contributed by atoms with Crippen molar-refractivity contribution >= 4 is 56.3 Å². The predicted molar refractivity (Wildman–Crippen MR) is 181 cm³/mol. The Kier molecular flexibility index (Phi) is 11.3. The largest absolute Gasteiger partial charge is 2.00 e. The fraction of sp³-hybridized carbons (Fsp3) is 0.405. The summed E-state index contributed by atoms with van der Waals surface area (Å²) in [4.78, 5) is 44.9. The molecule has 0 atom stereocenters. The Labute approximate surface area is 286 Å². The average molecular weight is 686 g/mol. The number of rotatable bonds is 9. The first-order valence-electron chi connectivity index (χ1n) is 15.9. The van der Waals surface area contributed by atoms with E-state index in [-0.39, 0.29) is 48.5 Å². The maximum atomic E-state index is 12.3. The Morgan fingerprint density at radius 2 is 1.09 bits per heavy atom. The Balaban J connectivity index is 0.00000500. The van der Waals surface area contributed by atoms with E-state index in [2.05, 4.69) is 33.8 Å². The van der Waals surface area contributed by atoms with Gasteiger partial charge >= 0.3 is 29.0 Å². The van der Waals surface area contributed by atoms with Crippen LogP contribution in [0, 0.1) is 13.8 Å². The van der Waals surface area contributed by atoms with Crippen molar-refractivity contribution in [1.29, 1.82) is 0 Å². The van der Waals surface area contributed by atoms with Gasteiger partial charge in [0.25, 0.3) is 0 Å². The number of hydrogen-bond donors (Lipinski definition) is 1. The fourth-order valence-electron chi connectivity index (χ4n) is 6.58. The van der Waals surface area contributed by atoms with Gasteiger partial charge in [-0.1, -0.05) is 53.8 Å². The quantitative estimate of drug-likeness (QED) is 0.196. The molecule has 251 valence electrons. The molecule has 9 nitrogen and oxygen atoms in total. The number of hydrogen-bond acceptors (Lipinski definition) is 7. The first kappa shape index (κ1) is 35.9. The third kappa shape index (κ3) is 6.73. The molecule has 10 heteroatoms. The average Bonchev–Trinajstić information content (AvgIpc) is 3.72. The van der Waals surface area contributed by atoms with Gasteiger partial charge in [-0.25, -0.2) is 9.97 Å². The molecule has 3 aromatic rings. The fourth-order valence-corrected chi connectivity index (χ4v) is 6.58. The van der Waals surface area contributed by atoms with Crippen LogP contribution in [0.1, 0.15) is 104 Å². The zero-order valence-electron chi connectivity index (χ0n) is 28.4. The van der Waals surface area contributed by atoms with Crippen molar-refractivity contribution in [2.24, 2.45) is 0 Å². The van der Waals surface area contributed by atoms with E-state index in [9.17, 15) is 14.7 Å². The molecule has 2 aliphatic heterocycles. The maximum absolute atomic E-state index is 12.3. The number of aromatic nitrogens is 4. The molecule has 47 heavy (non-hydrogen) atoms. The molecule has 0 aliphatic carbocycles.